The first-order valence-corrected chi connectivity index (χ1v) is 5.23. The van der Waals surface area contributed by atoms with Gasteiger partial charge in [-0.15, -0.1) is 4.89 Å². The van der Waals surface area contributed by atoms with Crippen molar-refractivity contribution >= 4 is 8.25 Å². The third-order valence-electron chi connectivity index (χ3n) is 2.04. The quantitative estimate of drug-likeness (QED) is 0.270. The topological polar surface area (TPSA) is 137 Å². The molecule has 1 aliphatic heterocycles. The summed E-state index contributed by atoms with van der Waals surface area (Å²) in [6, 6.07) is 0. The average Bonchev–Trinajstić information content (AvgIpc) is 2.18. The van der Waals surface area contributed by atoms with E-state index in [1.807, 2.05) is 0 Å². The summed E-state index contributed by atoms with van der Waals surface area (Å²) < 4.78 is 19.4. The van der Waals surface area contributed by atoms with E-state index in [2.05, 4.69) is 4.52 Å². The standard InChI is InChI=1S/C6H11O8P/c7-1-2-3(8)4(9)5(10)6(13-2)14-15(11)12/h2-10H,1H2/p+1/t2-,3-,4+,5-,6-/m1/s1/i6+1. The molecule has 9 heteroatoms. The van der Waals surface area contributed by atoms with E-state index in [0.29, 0.717) is 0 Å². The largest absolute Gasteiger partial charge is 0.697 e. The Hall–Kier alpha value is -0.180. The fraction of sp³-hybridized carbons (Fsp3) is 1.00. The molecule has 15 heavy (non-hydrogen) atoms. The predicted molar refractivity (Wildman–Crippen MR) is 44.7 cm³/mol. The van der Waals surface area contributed by atoms with Gasteiger partial charge in [0.25, 0.3) is 0 Å². The molecule has 1 fully saturated rings. The van der Waals surface area contributed by atoms with Crippen LogP contribution in [0.2, 0.25) is 0 Å². The fourth-order valence-electron chi connectivity index (χ4n) is 1.24. The van der Waals surface area contributed by atoms with E-state index < -0.39 is 45.6 Å². The van der Waals surface area contributed by atoms with Gasteiger partial charge in [0.15, 0.2) is 0 Å². The van der Waals surface area contributed by atoms with Crippen LogP contribution in [0, 0.1) is 0 Å². The molecule has 1 saturated heterocycles. The van der Waals surface area contributed by atoms with Gasteiger partial charge >= 0.3 is 8.25 Å². The summed E-state index contributed by atoms with van der Waals surface area (Å²) in [5, 5.41) is 36.6. The lowest BCUT2D eigenvalue weighted by atomic mass is 10.0. The molecule has 1 rings (SSSR count). The molecule has 1 unspecified atom stereocenters. The zero-order valence-electron chi connectivity index (χ0n) is 7.50. The lowest BCUT2D eigenvalue weighted by Gasteiger charge is -2.36. The molecule has 1 aliphatic rings. The minimum atomic E-state index is -3.02. The minimum absolute atomic E-state index is 0.618. The molecule has 0 spiro atoms. The van der Waals surface area contributed by atoms with Gasteiger partial charge < -0.3 is 25.2 Å². The summed E-state index contributed by atoms with van der Waals surface area (Å²) >= 11 is 0. The van der Waals surface area contributed by atoms with Crippen LogP contribution in [0.25, 0.3) is 0 Å². The normalized spacial score (nSPS) is 42.7. The second kappa shape index (κ2) is 5.24. The molecule has 0 bridgehead atoms. The molecule has 6 atom stereocenters. The Bertz CT molecular complexity index is 233. The Morgan fingerprint density at radius 2 is 1.80 bits per heavy atom. The number of hydrogen-bond donors (Lipinski definition) is 5. The van der Waals surface area contributed by atoms with Crippen LogP contribution in [0.5, 0.6) is 0 Å². The van der Waals surface area contributed by atoms with Gasteiger partial charge in [-0.2, -0.15) is 0 Å². The number of aliphatic hydroxyl groups excluding tert-OH is 4. The first kappa shape index (κ1) is 12.9. The van der Waals surface area contributed by atoms with Crippen molar-refractivity contribution in [1.29, 1.82) is 0 Å². The summed E-state index contributed by atoms with van der Waals surface area (Å²) in [6.45, 7) is -0.618. The third kappa shape index (κ3) is 2.90. The van der Waals surface area contributed by atoms with Gasteiger partial charge in [-0.05, 0) is 0 Å². The van der Waals surface area contributed by atoms with Crippen LogP contribution in [-0.2, 0) is 13.8 Å². The second-order valence-corrected chi connectivity index (χ2v) is 3.73. The molecule has 0 aromatic rings. The van der Waals surface area contributed by atoms with Crippen molar-refractivity contribution in [2.24, 2.45) is 0 Å². The number of ether oxygens (including phenoxy) is 1. The van der Waals surface area contributed by atoms with E-state index >= 15 is 0 Å². The van der Waals surface area contributed by atoms with Gasteiger partial charge in [-0.3, -0.25) is 0 Å². The molecule has 0 radical (unpaired) electrons. The third-order valence-corrected chi connectivity index (χ3v) is 2.43. The Kier molecular flexibility index (Phi) is 4.50. The van der Waals surface area contributed by atoms with Crippen molar-refractivity contribution in [2.45, 2.75) is 30.7 Å². The van der Waals surface area contributed by atoms with E-state index in [-0.39, 0.29) is 0 Å². The van der Waals surface area contributed by atoms with Crippen molar-refractivity contribution in [3.63, 3.8) is 0 Å². The molecule has 0 aliphatic carbocycles. The van der Waals surface area contributed by atoms with Crippen molar-refractivity contribution in [1.82, 2.24) is 0 Å². The molecule has 8 nitrogen and oxygen atoms in total. The smallest absolute Gasteiger partial charge is 0.394 e. The first-order chi connectivity index (χ1) is 6.97. The highest BCUT2D eigenvalue weighted by Gasteiger charge is 2.47. The van der Waals surface area contributed by atoms with Crippen molar-refractivity contribution in [3.8, 4) is 0 Å². The van der Waals surface area contributed by atoms with Gasteiger partial charge in [0, 0.05) is 4.57 Å². The van der Waals surface area contributed by atoms with Gasteiger partial charge in [0.05, 0.1) is 6.61 Å². The Morgan fingerprint density at radius 1 is 1.20 bits per heavy atom. The molecule has 0 aromatic heterocycles. The highest BCUT2D eigenvalue weighted by atomic mass is 31.1. The molecular formula is C6H12O8P+. The highest BCUT2D eigenvalue weighted by molar-refractivity contribution is 7.32. The van der Waals surface area contributed by atoms with Gasteiger partial charge in [0.2, 0.25) is 6.29 Å². The van der Waals surface area contributed by atoms with Crippen LogP contribution in [0.1, 0.15) is 0 Å². The number of aliphatic hydroxyl groups is 4. The maximum Gasteiger partial charge on any atom is 0.697 e. The Balaban J connectivity index is 2.69. The molecule has 1 heterocycles. The summed E-state index contributed by atoms with van der Waals surface area (Å²) in [5.41, 5.74) is 0. The van der Waals surface area contributed by atoms with Crippen LogP contribution >= 0.6 is 8.25 Å². The number of hydrogen-bond acceptors (Lipinski definition) is 7. The predicted octanol–water partition coefficient (Wildman–Crippen LogP) is -2.55. The van der Waals surface area contributed by atoms with E-state index in [1.54, 1.807) is 0 Å². The van der Waals surface area contributed by atoms with E-state index in [9.17, 15) is 19.9 Å². The molecule has 0 amide bonds. The van der Waals surface area contributed by atoms with Gasteiger partial charge in [-0.1, -0.05) is 4.52 Å². The summed E-state index contributed by atoms with van der Waals surface area (Å²) in [6.07, 6.45) is -7.50. The van der Waals surface area contributed by atoms with Crippen LogP contribution in [0.4, 0.5) is 0 Å². The zero-order chi connectivity index (χ0) is 11.6. The van der Waals surface area contributed by atoms with Crippen molar-refractivity contribution < 1.29 is 39.1 Å². The Morgan fingerprint density at radius 3 is 2.27 bits per heavy atom. The molecule has 0 saturated carbocycles. The monoisotopic (exact) mass is 244 g/mol. The van der Waals surface area contributed by atoms with Crippen molar-refractivity contribution in [3.05, 3.63) is 0 Å². The zero-order valence-corrected chi connectivity index (χ0v) is 8.40. The molecule has 88 valence electrons. The summed E-state index contributed by atoms with van der Waals surface area (Å²) in [7, 11) is -3.02. The molecular weight excluding hydrogens is 232 g/mol. The average molecular weight is 244 g/mol. The van der Waals surface area contributed by atoms with Gasteiger partial charge in [-0.25, -0.2) is 0 Å². The SMILES string of the molecule is O=[P+](O)O[13C@H]1O[C@H](CO)[C@@H](O)[C@H](O)[C@H]1O. The van der Waals surface area contributed by atoms with Gasteiger partial charge in [0.1, 0.15) is 24.4 Å². The molecule has 0 aromatic carbocycles. The van der Waals surface area contributed by atoms with Crippen LogP contribution in [0.15, 0.2) is 0 Å². The summed E-state index contributed by atoms with van der Waals surface area (Å²) in [4.78, 5) is 8.42. The lowest BCUT2D eigenvalue weighted by Crippen LogP contribution is -2.58. The van der Waals surface area contributed by atoms with Crippen LogP contribution < -0.4 is 0 Å². The molecule has 5 N–H and O–H groups in total. The lowest BCUT2D eigenvalue weighted by molar-refractivity contribution is -0.277. The van der Waals surface area contributed by atoms with Crippen LogP contribution in [0.3, 0.4) is 0 Å². The fourth-order valence-corrected chi connectivity index (χ4v) is 1.60. The maximum atomic E-state index is 10.3. The van der Waals surface area contributed by atoms with E-state index in [1.165, 1.54) is 0 Å². The Labute approximate surface area is 85.6 Å². The van der Waals surface area contributed by atoms with E-state index in [0.717, 1.165) is 0 Å². The highest BCUT2D eigenvalue weighted by Crippen LogP contribution is 2.28. The number of rotatable bonds is 3. The summed E-state index contributed by atoms with van der Waals surface area (Å²) in [5.74, 6) is 0. The second-order valence-electron chi connectivity index (χ2n) is 3.04. The van der Waals surface area contributed by atoms with Crippen molar-refractivity contribution in [2.75, 3.05) is 6.61 Å². The first-order valence-electron chi connectivity index (χ1n) is 4.10. The minimum Gasteiger partial charge on any atom is -0.394 e. The van der Waals surface area contributed by atoms with E-state index in [4.69, 9.17) is 14.7 Å². The maximum absolute atomic E-state index is 10.3. The van der Waals surface area contributed by atoms with Crippen LogP contribution in [-0.4, -0.2) is 62.6 Å².